The van der Waals surface area contributed by atoms with E-state index in [1.807, 2.05) is 6.08 Å². The van der Waals surface area contributed by atoms with E-state index in [4.69, 9.17) is 4.74 Å². The molecule has 0 bridgehead atoms. The molecular formula is C48H91NO5. The molecule has 0 spiro atoms. The number of hydrogen-bond donors (Lipinski definition) is 3. The van der Waals surface area contributed by atoms with Crippen LogP contribution >= 0.6 is 0 Å². The van der Waals surface area contributed by atoms with Crippen LogP contribution in [0.1, 0.15) is 245 Å². The molecule has 0 saturated carbocycles. The van der Waals surface area contributed by atoms with Gasteiger partial charge in [0.2, 0.25) is 5.91 Å². The van der Waals surface area contributed by atoms with Gasteiger partial charge in [0.15, 0.2) is 0 Å². The number of amides is 1. The number of carbonyl (C=O) groups is 2. The molecule has 0 saturated heterocycles. The van der Waals surface area contributed by atoms with Crippen molar-refractivity contribution in [2.75, 3.05) is 13.2 Å². The van der Waals surface area contributed by atoms with Crippen molar-refractivity contribution in [2.45, 2.75) is 257 Å². The second-order valence-corrected chi connectivity index (χ2v) is 16.1. The van der Waals surface area contributed by atoms with Crippen LogP contribution in [0.5, 0.6) is 0 Å². The van der Waals surface area contributed by atoms with Crippen LogP contribution in [0.4, 0.5) is 0 Å². The Bertz CT molecular complexity index is 843. The van der Waals surface area contributed by atoms with Crippen molar-refractivity contribution in [2.24, 2.45) is 0 Å². The van der Waals surface area contributed by atoms with Crippen molar-refractivity contribution < 1.29 is 24.5 Å². The highest BCUT2D eigenvalue weighted by atomic mass is 16.5. The Morgan fingerprint density at radius 3 is 1.31 bits per heavy atom. The number of nitrogens with one attached hydrogen (secondary N) is 1. The zero-order valence-electron chi connectivity index (χ0n) is 36.0. The monoisotopic (exact) mass is 762 g/mol. The van der Waals surface area contributed by atoms with Crippen molar-refractivity contribution >= 4 is 11.9 Å². The number of ether oxygens (including phenoxy) is 1. The minimum Gasteiger partial charge on any atom is -0.466 e. The number of hydrogen-bond acceptors (Lipinski definition) is 5. The van der Waals surface area contributed by atoms with Crippen LogP contribution in [-0.2, 0) is 14.3 Å². The highest BCUT2D eigenvalue weighted by molar-refractivity contribution is 5.76. The lowest BCUT2D eigenvalue weighted by Crippen LogP contribution is -2.45. The summed E-state index contributed by atoms with van der Waals surface area (Å²) in [5.41, 5.74) is 0. The van der Waals surface area contributed by atoms with E-state index >= 15 is 0 Å². The van der Waals surface area contributed by atoms with E-state index in [1.54, 1.807) is 6.08 Å². The van der Waals surface area contributed by atoms with Gasteiger partial charge in [-0.25, -0.2) is 0 Å². The molecule has 318 valence electrons. The van der Waals surface area contributed by atoms with E-state index in [9.17, 15) is 19.8 Å². The van der Waals surface area contributed by atoms with Crippen LogP contribution in [-0.4, -0.2) is 47.4 Å². The van der Waals surface area contributed by atoms with Crippen LogP contribution in [0.15, 0.2) is 24.3 Å². The fourth-order valence-electron chi connectivity index (χ4n) is 7.04. The second-order valence-electron chi connectivity index (χ2n) is 16.1. The lowest BCUT2D eigenvalue weighted by Gasteiger charge is -2.20. The van der Waals surface area contributed by atoms with E-state index in [2.05, 4.69) is 31.3 Å². The maximum atomic E-state index is 12.3. The van der Waals surface area contributed by atoms with Gasteiger partial charge in [-0.1, -0.05) is 199 Å². The molecule has 0 aliphatic rings. The number of allylic oxidation sites excluding steroid dienone is 3. The van der Waals surface area contributed by atoms with E-state index < -0.39 is 12.1 Å². The smallest absolute Gasteiger partial charge is 0.305 e. The fraction of sp³-hybridized carbons (Fsp3) is 0.875. The maximum absolute atomic E-state index is 12.3. The third kappa shape index (κ3) is 40.0. The minimum atomic E-state index is -0.848. The molecule has 0 fully saturated rings. The van der Waals surface area contributed by atoms with Gasteiger partial charge in [0.25, 0.3) is 0 Å². The first kappa shape index (κ1) is 52.3. The SMILES string of the molecule is CCCCCCC/C=C\CCCCCCCC(=O)OCCCCCCCCCCCCCCCCC(=O)NC(CO)C(O)/C=C/CCCCCCCCC. The van der Waals surface area contributed by atoms with Gasteiger partial charge in [0, 0.05) is 12.8 Å². The standard InChI is InChI=1S/C48H91NO5/c1-3-5-7-9-11-13-14-15-19-22-26-30-34-38-42-48(53)54-43-39-35-31-27-23-20-17-16-18-21-25-29-33-37-41-47(52)49-45(44-50)46(51)40-36-32-28-24-12-10-8-6-4-2/h14-15,36,40,45-46,50-51H,3-13,16-35,37-39,41-44H2,1-2H3,(H,49,52)/b15-14-,40-36+. The Labute approximate surface area is 335 Å². The molecule has 0 radical (unpaired) electrons. The molecule has 0 heterocycles. The number of rotatable bonds is 43. The van der Waals surface area contributed by atoms with Crippen LogP contribution in [0.3, 0.4) is 0 Å². The number of esters is 1. The molecule has 0 aromatic heterocycles. The third-order valence-electron chi connectivity index (χ3n) is 10.7. The van der Waals surface area contributed by atoms with E-state index in [0.29, 0.717) is 19.4 Å². The first-order valence-electron chi connectivity index (χ1n) is 23.6. The van der Waals surface area contributed by atoms with E-state index in [-0.39, 0.29) is 18.5 Å². The predicted octanol–water partition coefficient (Wildman–Crippen LogP) is 13.6. The molecule has 0 rings (SSSR count). The van der Waals surface area contributed by atoms with Crippen molar-refractivity contribution in [3.63, 3.8) is 0 Å². The molecule has 6 heteroatoms. The zero-order chi connectivity index (χ0) is 39.4. The van der Waals surface area contributed by atoms with Gasteiger partial charge in [0.05, 0.1) is 25.4 Å². The largest absolute Gasteiger partial charge is 0.466 e. The van der Waals surface area contributed by atoms with E-state index in [0.717, 1.165) is 57.8 Å². The van der Waals surface area contributed by atoms with Gasteiger partial charge in [0.1, 0.15) is 0 Å². The summed E-state index contributed by atoms with van der Waals surface area (Å²) in [6.45, 7) is 4.83. The highest BCUT2D eigenvalue weighted by Gasteiger charge is 2.18. The first-order chi connectivity index (χ1) is 26.5. The summed E-state index contributed by atoms with van der Waals surface area (Å²) in [5, 5.41) is 22.9. The molecule has 0 aromatic rings. The molecule has 3 N–H and O–H groups in total. The molecule has 54 heavy (non-hydrogen) atoms. The van der Waals surface area contributed by atoms with Crippen molar-refractivity contribution in [1.29, 1.82) is 0 Å². The molecule has 0 aliphatic carbocycles. The molecule has 6 nitrogen and oxygen atoms in total. The summed E-state index contributed by atoms with van der Waals surface area (Å²) in [7, 11) is 0. The summed E-state index contributed by atoms with van der Waals surface area (Å²) in [4.78, 5) is 24.3. The summed E-state index contributed by atoms with van der Waals surface area (Å²) in [6.07, 6.45) is 50.3. The molecule has 1 amide bonds. The molecule has 0 aliphatic heterocycles. The minimum absolute atomic E-state index is 0.0130. The van der Waals surface area contributed by atoms with Gasteiger partial charge in [-0.2, -0.15) is 0 Å². The average molecular weight is 762 g/mol. The maximum Gasteiger partial charge on any atom is 0.305 e. The molecule has 2 atom stereocenters. The van der Waals surface area contributed by atoms with Crippen LogP contribution in [0.2, 0.25) is 0 Å². The normalized spacial score (nSPS) is 12.9. The summed E-state index contributed by atoms with van der Waals surface area (Å²) in [5.74, 6) is -0.0952. The highest BCUT2D eigenvalue weighted by Crippen LogP contribution is 2.15. The number of carbonyl (C=O) groups excluding carboxylic acids is 2. The Kier molecular flexibility index (Phi) is 42.7. The van der Waals surface area contributed by atoms with Crippen molar-refractivity contribution in [3.8, 4) is 0 Å². The summed E-state index contributed by atoms with van der Waals surface area (Å²) < 4.78 is 5.45. The van der Waals surface area contributed by atoms with Gasteiger partial charge in [-0.15, -0.1) is 0 Å². The predicted molar refractivity (Wildman–Crippen MR) is 232 cm³/mol. The van der Waals surface area contributed by atoms with Gasteiger partial charge >= 0.3 is 5.97 Å². The summed E-state index contributed by atoms with van der Waals surface area (Å²) in [6, 6.07) is -0.633. The summed E-state index contributed by atoms with van der Waals surface area (Å²) >= 11 is 0. The third-order valence-corrected chi connectivity index (χ3v) is 10.7. The molecule has 2 unspecified atom stereocenters. The second kappa shape index (κ2) is 44.1. The zero-order valence-corrected chi connectivity index (χ0v) is 36.0. The van der Waals surface area contributed by atoms with E-state index in [1.165, 1.54) is 161 Å². The quantitative estimate of drug-likeness (QED) is 0.0327. The van der Waals surface area contributed by atoms with Gasteiger partial charge in [-0.05, 0) is 57.8 Å². The Morgan fingerprint density at radius 2 is 0.870 bits per heavy atom. The molecular weight excluding hydrogens is 671 g/mol. The van der Waals surface area contributed by atoms with Crippen LogP contribution < -0.4 is 5.32 Å². The van der Waals surface area contributed by atoms with Gasteiger partial charge < -0.3 is 20.3 Å². The lowest BCUT2D eigenvalue weighted by atomic mass is 10.0. The van der Waals surface area contributed by atoms with Crippen molar-refractivity contribution in [3.05, 3.63) is 24.3 Å². The first-order valence-corrected chi connectivity index (χ1v) is 23.6. The Hall–Kier alpha value is -1.66. The van der Waals surface area contributed by atoms with Gasteiger partial charge in [-0.3, -0.25) is 9.59 Å². The van der Waals surface area contributed by atoms with Crippen molar-refractivity contribution in [1.82, 2.24) is 5.32 Å². The Balaban J connectivity index is 3.45. The lowest BCUT2D eigenvalue weighted by molar-refractivity contribution is -0.143. The number of unbranched alkanes of at least 4 members (excludes halogenated alkanes) is 30. The Morgan fingerprint density at radius 1 is 0.500 bits per heavy atom. The van der Waals surface area contributed by atoms with Crippen LogP contribution in [0.25, 0.3) is 0 Å². The fourth-order valence-corrected chi connectivity index (χ4v) is 7.04. The molecule has 0 aromatic carbocycles. The topological polar surface area (TPSA) is 95.9 Å². The van der Waals surface area contributed by atoms with Crippen LogP contribution in [0, 0.1) is 0 Å². The number of aliphatic hydroxyl groups excluding tert-OH is 2. The average Bonchev–Trinajstić information content (AvgIpc) is 3.17. The number of aliphatic hydroxyl groups is 2.